The summed E-state index contributed by atoms with van der Waals surface area (Å²) >= 11 is 0. The van der Waals surface area contributed by atoms with Gasteiger partial charge in [0.2, 0.25) is 0 Å². The average Bonchev–Trinajstić information content (AvgIpc) is 2.31. The number of benzene rings is 1. The molecule has 1 rings (SSSR count). The summed E-state index contributed by atoms with van der Waals surface area (Å²) in [6, 6.07) is 5.04. The molecule has 1 aromatic rings. The Labute approximate surface area is 101 Å². The number of para-hydroxylation sites is 1. The van der Waals surface area contributed by atoms with Gasteiger partial charge in [-0.1, -0.05) is 19.4 Å². The molecule has 17 heavy (non-hydrogen) atoms. The number of nitrogens with two attached hydrogens (primary N) is 2. The van der Waals surface area contributed by atoms with Gasteiger partial charge in [0.05, 0.1) is 18.0 Å². The van der Waals surface area contributed by atoms with Crippen molar-refractivity contribution in [2.45, 2.75) is 19.8 Å². The Morgan fingerprint density at radius 2 is 2.12 bits per heavy atom. The van der Waals surface area contributed by atoms with Crippen LogP contribution in [0.15, 0.2) is 18.2 Å². The van der Waals surface area contributed by atoms with E-state index in [1.165, 1.54) is 0 Å². The number of esters is 1. The summed E-state index contributed by atoms with van der Waals surface area (Å²) in [6.45, 7) is 2.29. The molecule has 5 nitrogen and oxygen atoms in total. The lowest BCUT2D eigenvalue weighted by atomic mass is 10.2. The number of rotatable bonds is 6. The highest BCUT2D eigenvalue weighted by atomic mass is 16.6. The van der Waals surface area contributed by atoms with Crippen LogP contribution in [0.1, 0.15) is 19.8 Å². The molecule has 0 aliphatic rings. The van der Waals surface area contributed by atoms with Crippen LogP contribution in [0.4, 0.5) is 11.4 Å². The molecule has 0 amide bonds. The molecular weight excluding hydrogens is 220 g/mol. The Hall–Kier alpha value is -1.91. The zero-order valence-corrected chi connectivity index (χ0v) is 9.94. The van der Waals surface area contributed by atoms with E-state index in [-0.39, 0.29) is 6.61 Å². The maximum atomic E-state index is 11.3. The first-order valence-corrected chi connectivity index (χ1v) is 5.57. The van der Waals surface area contributed by atoms with E-state index >= 15 is 0 Å². The normalized spacial score (nSPS) is 9.94. The summed E-state index contributed by atoms with van der Waals surface area (Å²) < 4.78 is 10.2. The van der Waals surface area contributed by atoms with Crippen LogP contribution in [-0.4, -0.2) is 19.2 Å². The third-order valence-electron chi connectivity index (χ3n) is 2.21. The number of carbonyl (C=O) groups excluding carboxylic acids is 1. The molecule has 0 aliphatic heterocycles. The molecule has 0 fully saturated rings. The van der Waals surface area contributed by atoms with Gasteiger partial charge in [-0.2, -0.15) is 0 Å². The van der Waals surface area contributed by atoms with Crippen molar-refractivity contribution >= 4 is 17.3 Å². The second-order valence-electron chi connectivity index (χ2n) is 3.62. The summed E-state index contributed by atoms with van der Waals surface area (Å²) in [6.07, 6.45) is 1.84. The van der Waals surface area contributed by atoms with Crippen LogP contribution in [0, 0.1) is 0 Å². The molecule has 4 N–H and O–H groups in total. The number of carbonyl (C=O) groups is 1. The lowest BCUT2D eigenvalue weighted by molar-refractivity contribution is -0.146. The zero-order valence-electron chi connectivity index (χ0n) is 9.94. The highest BCUT2D eigenvalue weighted by molar-refractivity contribution is 5.73. The molecule has 0 bridgehead atoms. The highest BCUT2D eigenvalue weighted by Gasteiger charge is 2.07. The van der Waals surface area contributed by atoms with E-state index in [0.717, 1.165) is 12.8 Å². The molecule has 0 aromatic heterocycles. The van der Waals surface area contributed by atoms with Crippen molar-refractivity contribution in [1.29, 1.82) is 0 Å². The fraction of sp³-hybridized carbons (Fsp3) is 0.417. The van der Waals surface area contributed by atoms with Crippen LogP contribution in [0.5, 0.6) is 5.75 Å². The van der Waals surface area contributed by atoms with Crippen LogP contribution >= 0.6 is 0 Å². The van der Waals surface area contributed by atoms with Gasteiger partial charge in [-0.05, 0) is 18.6 Å². The summed E-state index contributed by atoms with van der Waals surface area (Å²) in [7, 11) is 0. The number of hydrogen-bond donors (Lipinski definition) is 2. The van der Waals surface area contributed by atoms with Crippen molar-refractivity contribution in [1.82, 2.24) is 0 Å². The number of anilines is 2. The van der Waals surface area contributed by atoms with Crippen LogP contribution in [0.3, 0.4) is 0 Å². The van der Waals surface area contributed by atoms with Gasteiger partial charge in [-0.15, -0.1) is 0 Å². The van der Waals surface area contributed by atoms with E-state index in [2.05, 4.69) is 0 Å². The van der Waals surface area contributed by atoms with Gasteiger partial charge in [-0.25, -0.2) is 4.79 Å². The van der Waals surface area contributed by atoms with Crippen molar-refractivity contribution in [2.75, 3.05) is 24.7 Å². The molecule has 0 saturated heterocycles. The minimum Gasteiger partial charge on any atom is -0.480 e. The molecule has 0 aliphatic carbocycles. The van der Waals surface area contributed by atoms with E-state index in [0.29, 0.717) is 23.7 Å². The number of unbranched alkanes of at least 4 members (excludes halogenated alkanes) is 1. The molecule has 0 atom stereocenters. The average molecular weight is 238 g/mol. The molecule has 1 aromatic carbocycles. The number of nitrogen functional groups attached to an aromatic ring is 2. The fourth-order valence-electron chi connectivity index (χ4n) is 1.20. The van der Waals surface area contributed by atoms with Gasteiger partial charge < -0.3 is 20.9 Å². The third-order valence-corrected chi connectivity index (χ3v) is 2.21. The first kappa shape index (κ1) is 13.2. The predicted molar refractivity (Wildman–Crippen MR) is 66.6 cm³/mol. The summed E-state index contributed by atoms with van der Waals surface area (Å²) in [4.78, 5) is 11.3. The second-order valence-corrected chi connectivity index (χ2v) is 3.62. The smallest absolute Gasteiger partial charge is 0.344 e. The monoisotopic (exact) mass is 238 g/mol. The largest absolute Gasteiger partial charge is 0.480 e. The quantitative estimate of drug-likeness (QED) is 0.446. The Bertz CT molecular complexity index is 380. The van der Waals surface area contributed by atoms with E-state index in [9.17, 15) is 4.79 Å². The molecular formula is C12H18N2O3. The van der Waals surface area contributed by atoms with Crippen molar-refractivity contribution in [3.05, 3.63) is 18.2 Å². The molecule has 0 unspecified atom stereocenters. The van der Waals surface area contributed by atoms with Crippen molar-refractivity contribution in [3.63, 3.8) is 0 Å². The fourth-order valence-corrected chi connectivity index (χ4v) is 1.20. The summed E-state index contributed by atoms with van der Waals surface area (Å²) in [5.74, 6) is -0.00211. The van der Waals surface area contributed by atoms with Gasteiger partial charge in [0.25, 0.3) is 0 Å². The first-order valence-electron chi connectivity index (χ1n) is 5.57. The van der Waals surface area contributed by atoms with Crippen molar-refractivity contribution in [2.24, 2.45) is 0 Å². The molecule has 0 heterocycles. The van der Waals surface area contributed by atoms with Gasteiger partial charge in [-0.3, -0.25) is 0 Å². The maximum Gasteiger partial charge on any atom is 0.344 e. The molecule has 0 saturated carbocycles. The minimum atomic E-state index is -0.403. The zero-order chi connectivity index (χ0) is 12.7. The predicted octanol–water partition coefficient (Wildman–Crippen LogP) is 1.57. The first-order chi connectivity index (χ1) is 8.15. The SMILES string of the molecule is CCCCOC(=O)COc1cccc(N)c1N. The molecule has 0 radical (unpaired) electrons. The molecule has 5 heteroatoms. The standard InChI is InChI=1S/C12H18N2O3/c1-2-3-7-16-11(15)8-17-10-6-4-5-9(13)12(10)14/h4-6H,2-3,7-8,13-14H2,1H3. The Kier molecular flexibility index (Phi) is 5.13. The Morgan fingerprint density at radius 1 is 1.35 bits per heavy atom. The van der Waals surface area contributed by atoms with Gasteiger partial charge in [0.1, 0.15) is 5.75 Å². The lowest BCUT2D eigenvalue weighted by Crippen LogP contribution is -2.16. The molecule has 0 spiro atoms. The topological polar surface area (TPSA) is 87.6 Å². The van der Waals surface area contributed by atoms with Gasteiger partial charge >= 0.3 is 5.97 Å². The van der Waals surface area contributed by atoms with Gasteiger partial charge in [0.15, 0.2) is 6.61 Å². The lowest BCUT2D eigenvalue weighted by Gasteiger charge is -2.09. The number of ether oxygens (including phenoxy) is 2. The minimum absolute atomic E-state index is 0.155. The van der Waals surface area contributed by atoms with E-state index in [1.54, 1.807) is 18.2 Å². The van der Waals surface area contributed by atoms with E-state index < -0.39 is 5.97 Å². The second kappa shape index (κ2) is 6.62. The van der Waals surface area contributed by atoms with E-state index in [4.69, 9.17) is 20.9 Å². The number of hydrogen-bond acceptors (Lipinski definition) is 5. The van der Waals surface area contributed by atoms with Crippen molar-refractivity contribution < 1.29 is 14.3 Å². The van der Waals surface area contributed by atoms with Crippen LogP contribution in [0.25, 0.3) is 0 Å². The molecule has 94 valence electrons. The maximum absolute atomic E-state index is 11.3. The summed E-state index contributed by atoms with van der Waals surface area (Å²) in [5.41, 5.74) is 12.1. The third kappa shape index (κ3) is 4.22. The van der Waals surface area contributed by atoms with Gasteiger partial charge in [0, 0.05) is 0 Å². The van der Waals surface area contributed by atoms with Crippen molar-refractivity contribution in [3.8, 4) is 5.75 Å². The van der Waals surface area contributed by atoms with Crippen LogP contribution in [-0.2, 0) is 9.53 Å². The van der Waals surface area contributed by atoms with Crippen LogP contribution < -0.4 is 16.2 Å². The Balaban J connectivity index is 2.39. The summed E-state index contributed by atoms with van der Waals surface area (Å²) in [5, 5.41) is 0. The Morgan fingerprint density at radius 3 is 2.82 bits per heavy atom. The highest BCUT2D eigenvalue weighted by Crippen LogP contribution is 2.26. The van der Waals surface area contributed by atoms with E-state index in [1.807, 2.05) is 6.92 Å². The van der Waals surface area contributed by atoms with Crippen LogP contribution in [0.2, 0.25) is 0 Å².